The molecule has 1 saturated carbocycles. The van der Waals surface area contributed by atoms with Crippen molar-refractivity contribution in [1.29, 1.82) is 5.26 Å². The van der Waals surface area contributed by atoms with E-state index in [1.807, 2.05) is 33.8 Å². The van der Waals surface area contributed by atoms with Crippen LogP contribution in [0, 0.1) is 27.6 Å². The van der Waals surface area contributed by atoms with Crippen LogP contribution in [0.3, 0.4) is 0 Å². The Morgan fingerprint density at radius 1 is 0.952 bits per heavy atom. The normalized spacial score (nSPS) is 20.4. The number of aliphatic hydroxyl groups excluding tert-OH is 1. The second-order valence-electron chi connectivity index (χ2n) is 18.5. The Morgan fingerprint density at radius 3 is 2.19 bits per heavy atom. The SMILES string of the molecule is CC(C)(C)C(NC(=O)COCCCCOc1ccc(C(=O)NC2C(C)(C)C(Oc3ccc(C#N)c(Cl)c3)C2(C)C)cc1)C(=O)N1C[C@H](O)C[C@H]1C(=O)NCc1ccc(B(O)O)cc1. The molecule has 1 unspecified atom stereocenters. The third-order valence-electron chi connectivity index (χ3n) is 11.8. The van der Waals surface area contributed by atoms with Crippen molar-refractivity contribution >= 4 is 47.8 Å². The van der Waals surface area contributed by atoms with E-state index in [0.29, 0.717) is 58.1 Å². The third-order valence-corrected chi connectivity index (χ3v) is 12.1. The summed E-state index contributed by atoms with van der Waals surface area (Å²) in [5.74, 6) is -0.485. The van der Waals surface area contributed by atoms with E-state index in [4.69, 9.17) is 25.8 Å². The fourth-order valence-electron chi connectivity index (χ4n) is 8.61. The first kappa shape index (κ1) is 48.9. The van der Waals surface area contributed by atoms with Crippen LogP contribution in [0.5, 0.6) is 11.5 Å². The summed E-state index contributed by atoms with van der Waals surface area (Å²) in [7, 11) is -1.61. The molecule has 1 aliphatic heterocycles. The van der Waals surface area contributed by atoms with Crippen LogP contribution >= 0.6 is 11.6 Å². The number of unbranched alkanes of at least 4 members (excludes halogenated alkanes) is 1. The van der Waals surface area contributed by atoms with Gasteiger partial charge in [0.15, 0.2) is 0 Å². The fraction of sp³-hybridized carbons (Fsp3) is 0.500. The molecule has 15 nitrogen and oxygen atoms in total. The maximum Gasteiger partial charge on any atom is 0.488 e. The first-order valence-corrected chi connectivity index (χ1v) is 21.5. The number of carbonyl (C=O) groups is 4. The van der Waals surface area contributed by atoms with Gasteiger partial charge in [-0.2, -0.15) is 5.26 Å². The summed E-state index contributed by atoms with van der Waals surface area (Å²) >= 11 is 6.22. The average molecular weight is 888 g/mol. The van der Waals surface area contributed by atoms with Crippen LogP contribution in [-0.2, 0) is 25.7 Å². The summed E-state index contributed by atoms with van der Waals surface area (Å²) < 4.78 is 17.8. The van der Waals surface area contributed by atoms with Gasteiger partial charge in [0.1, 0.15) is 42.4 Å². The number of β-amino-alcohol motifs (C(OH)–C–C–N with tert-alkyl or cyclic N) is 1. The number of aliphatic hydroxyl groups is 1. The highest BCUT2D eigenvalue weighted by Crippen LogP contribution is 2.55. The lowest BCUT2D eigenvalue weighted by Crippen LogP contribution is -2.74. The molecule has 17 heteroatoms. The lowest BCUT2D eigenvalue weighted by atomic mass is 9.49. The zero-order valence-electron chi connectivity index (χ0n) is 36.9. The minimum atomic E-state index is -1.61. The lowest BCUT2D eigenvalue weighted by Gasteiger charge is -2.63. The molecule has 2 aliphatic rings. The molecule has 1 saturated heterocycles. The summed E-state index contributed by atoms with van der Waals surface area (Å²) in [6, 6.07) is 18.2. The van der Waals surface area contributed by atoms with Gasteiger partial charge in [0.05, 0.1) is 23.3 Å². The van der Waals surface area contributed by atoms with Gasteiger partial charge in [0.2, 0.25) is 17.7 Å². The van der Waals surface area contributed by atoms with Gasteiger partial charge in [-0.25, -0.2) is 0 Å². The Balaban J connectivity index is 1.01. The van der Waals surface area contributed by atoms with Crippen LogP contribution in [0.1, 0.15) is 89.2 Å². The molecular formula is C46H59BClN5O10. The Kier molecular flexibility index (Phi) is 15.9. The number of hydrogen-bond donors (Lipinski definition) is 6. The van der Waals surface area contributed by atoms with E-state index in [0.717, 1.165) is 0 Å². The first-order valence-electron chi connectivity index (χ1n) is 21.1. The lowest BCUT2D eigenvalue weighted by molar-refractivity contribution is -0.164. The standard InChI is InChI=1S/C46H59BClN5O10/c1-44(2,3)38(41(58)53-26-32(54)22-36(53)40(57)50-25-28-10-15-31(16-11-28)47(59)60)51-37(55)27-61-20-8-9-21-62-33-17-12-29(13-18-33)39(56)52-42-45(4,5)43(46(42,6)7)63-34-19-14-30(24-49)35(48)23-34/h10-19,23,32,36,38,42-43,54,59-60H,8-9,20-22,25-27H2,1-7H3,(H,50,57)(H,51,55)(H,52,56)/t32-,36+,38?,42?,43?/m1/s1. The second-order valence-corrected chi connectivity index (χ2v) is 18.9. The number of rotatable bonds is 18. The molecule has 3 aromatic rings. The van der Waals surface area contributed by atoms with Crippen LogP contribution in [0.25, 0.3) is 0 Å². The van der Waals surface area contributed by atoms with Crippen molar-refractivity contribution in [3.8, 4) is 17.6 Å². The van der Waals surface area contributed by atoms with E-state index < -0.39 is 59.3 Å². The zero-order valence-corrected chi connectivity index (χ0v) is 37.7. The van der Waals surface area contributed by atoms with Crippen LogP contribution in [0.2, 0.25) is 5.02 Å². The zero-order chi connectivity index (χ0) is 46.3. The molecule has 1 heterocycles. The summed E-state index contributed by atoms with van der Waals surface area (Å²) in [4.78, 5) is 54.7. The molecule has 0 spiro atoms. The molecule has 0 aromatic heterocycles. The number of ether oxygens (including phenoxy) is 3. The van der Waals surface area contributed by atoms with Crippen LogP contribution in [0.4, 0.5) is 0 Å². The van der Waals surface area contributed by atoms with E-state index in [2.05, 4.69) is 16.0 Å². The quantitative estimate of drug-likeness (QED) is 0.0803. The third kappa shape index (κ3) is 12.1. The fourth-order valence-corrected chi connectivity index (χ4v) is 8.82. The number of amides is 4. The largest absolute Gasteiger partial charge is 0.494 e. The smallest absolute Gasteiger partial charge is 0.488 e. The number of nitrogens with zero attached hydrogens (tertiary/aromatic N) is 2. The molecular weight excluding hydrogens is 829 g/mol. The number of benzene rings is 3. The molecule has 4 amide bonds. The monoisotopic (exact) mass is 887 g/mol. The van der Waals surface area contributed by atoms with Gasteiger partial charge >= 0.3 is 7.12 Å². The number of nitrogens with one attached hydrogen (secondary N) is 3. The van der Waals surface area contributed by atoms with Gasteiger partial charge < -0.3 is 50.2 Å². The molecule has 1 aliphatic carbocycles. The molecule has 3 atom stereocenters. The highest BCUT2D eigenvalue weighted by Gasteiger charge is 2.64. The number of halogens is 1. The Hall–Kier alpha value is -5.18. The van der Waals surface area contributed by atoms with Crippen LogP contribution in [0.15, 0.2) is 66.7 Å². The van der Waals surface area contributed by atoms with E-state index in [1.165, 1.54) is 17.0 Å². The molecule has 63 heavy (non-hydrogen) atoms. The number of hydrogen-bond acceptors (Lipinski definition) is 11. The van der Waals surface area contributed by atoms with Gasteiger partial charge in [0.25, 0.3) is 5.91 Å². The molecule has 0 bridgehead atoms. The van der Waals surface area contributed by atoms with Crippen molar-refractivity contribution in [1.82, 2.24) is 20.9 Å². The van der Waals surface area contributed by atoms with Crippen molar-refractivity contribution in [2.75, 3.05) is 26.4 Å². The summed E-state index contributed by atoms with van der Waals surface area (Å²) in [6.45, 7) is 14.0. The number of carbonyl (C=O) groups excluding carboxylic acids is 4. The highest BCUT2D eigenvalue weighted by atomic mass is 35.5. The van der Waals surface area contributed by atoms with Crippen LogP contribution < -0.4 is 30.9 Å². The van der Waals surface area contributed by atoms with E-state index in [-0.39, 0.29) is 50.8 Å². The van der Waals surface area contributed by atoms with Gasteiger partial charge in [-0.1, -0.05) is 84.3 Å². The summed E-state index contributed by atoms with van der Waals surface area (Å²) in [5, 5.41) is 47.4. The van der Waals surface area contributed by atoms with Crippen molar-refractivity contribution < 1.29 is 48.5 Å². The highest BCUT2D eigenvalue weighted by molar-refractivity contribution is 6.58. The average Bonchev–Trinajstić information content (AvgIpc) is 3.63. The van der Waals surface area contributed by atoms with Gasteiger partial charge in [-0.15, -0.1) is 0 Å². The van der Waals surface area contributed by atoms with Crippen LogP contribution in [-0.4, -0.2) is 108 Å². The van der Waals surface area contributed by atoms with Crippen molar-refractivity contribution in [3.05, 3.63) is 88.4 Å². The minimum Gasteiger partial charge on any atom is -0.494 e. The minimum absolute atomic E-state index is 0.0449. The predicted molar refractivity (Wildman–Crippen MR) is 237 cm³/mol. The van der Waals surface area contributed by atoms with E-state index >= 15 is 0 Å². The molecule has 3 aromatic carbocycles. The molecule has 6 N–H and O–H groups in total. The van der Waals surface area contributed by atoms with Crippen molar-refractivity contribution in [2.24, 2.45) is 16.2 Å². The van der Waals surface area contributed by atoms with Gasteiger partial charge in [-0.05, 0) is 65.7 Å². The van der Waals surface area contributed by atoms with E-state index in [1.54, 1.807) is 75.4 Å². The first-order chi connectivity index (χ1) is 29.6. The summed E-state index contributed by atoms with van der Waals surface area (Å²) in [5.41, 5.74) is 0.348. The van der Waals surface area contributed by atoms with Gasteiger partial charge in [0, 0.05) is 54.6 Å². The second kappa shape index (κ2) is 20.6. The van der Waals surface area contributed by atoms with Gasteiger partial charge in [-0.3, -0.25) is 19.2 Å². The Morgan fingerprint density at radius 2 is 1.59 bits per heavy atom. The summed E-state index contributed by atoms with van der Waals surface area (Å²) in [6.07, 6.45) is 0.137. The van der Waals surface area contributed by atoms with E-state index in [9.17, 15) is 39.6 Å². The Bertz CT molecular complexity index is 2120. The maximum absolute atomic E-state index is 13.9. The number of nitriles is 1. The van der Waals surface area contributed by atoms with Crippen molar-refractivity contribution in [3.63, 3.8) is 0 Å². The molecule has 5 rings (SSSR count). The molecule has 0 radical (unpaired) electrons. The van der Waals surface area contributed by atoms with Crippen molar-refractivity contribution in [2.45, 2.75) is 105 Å². The maximum atomic E-state index is 13.9. The number of likely N-dealkylation sites (tertiary alicyclic amines) is 1. The Labute approximate surface area is 374 Å². The topological polar surface area (TPSA) is 220 Å². The molecule has 338 valence electrons. The predicted octanol–water partition coefficient (Wildman–Crippen LogP) is 3.49. The molecule has 2 fully saturated rings.